The molecule has 0 bridgehead atoms. The fourth-order valence-electron chi connectivity index (χ4n) is 1.84. The molecule has 5 nitrogen and oxygen atoms in total. The zero-order valence-electron chi connectivity index (χ0n) is 11.9. The molecule has 0 aromatic rings. The van der Waals surface area contributed by atoms with E-state index in [1.807, 2.05) is 0 Å². The van der Waals surface area contributed by atoms with Gasteiger partial charge in [-0.15, -0.1) is 0 Å². The van der Waals surface area contributed by atoms with Crippen molar-refractivity contribution in [2.24, 2.45) is 0 Å². The molecular formula is C13H27N3O2. The Kier molecular flexibility index (Phi) is 7.23. The van der Waals surface area contributed by atoms with E-state index in [4.69, 9.17) is 4.74 Å². The van der Waals surface area contributed by atoms with Gasteiger partial charge in [0, 0.05) is 38.4 Å². The van der Waals surface area contributed by atoms with Crippen LogP contribution in [0.25, 0.3) is 0 Å². The Bertz CT molecular complexity index is 240. The highest BCUT2D eigenvalue weighted by Gasteiger charge is 2.15. The molecule has 0 radical (unpaired) electrons. The first-order valence-electron chi connectivity index (χ1n) is 6.87. The molecule has 1 rings (SSSR count). The molecule has 0 aromatic carbocycles. The smallest absolute Gasteiger partial charge is 0.234 e. The van der Waals surface area contributed by atoms with Crippen LogP contribution < -0.4 is 10.6 Å². The third-order valence-electron chi connectivity index (χ3n) is 3.39. The number of hydrogen-bond donors (Lipinski definition) is 2. The lowest BCUT2D eigenvalue weighted by Gasteiger charge is -2.23. The van der Waals surface area contributed by atoms with Gasteiger partial charge in [-0.05, 0) is 33.7 Å². The molecule has 1 heterocycles. The normalized spacial score (nSPS) is 17.4. The Balaban J connectivity index is 2.02. The maximum Gasteiger partial charge on any atom is 0.234 e. The van der Waals surface area contributed by atoms with E-state index in [2.05, 4.69) is 36.4 Å². The molecule has 1 amide bonds. The summed E-state index contributed by atoms with van der Waals surface area (Å²) < 4.78 is 5.26. The Labute approximate surface area is 110 Å². The number of nitrogens with one attached hydrogen (secondary N) is 2. The van der Waals surface area contributed by atoms with Gasteiger partial charge in [-0.1, -0.05) is 0 Å². The molecule has 1 fully saturated rings. The minimum atomic E-state index is 0.0918. The van der Waals surface area contributed by atoms with Gasteiger partial charge in [0.05, 0.1) is 6.54 Å². The predicted molar refractivity (Wildman–Crippen MR) is 72.6 cm³/mol. The standard InChI is InChI=1S/C13H27N3O2/c1-11(2)16(3)7-6-14-10-13(17)15-12-4-8-18-9-5-12/h11-12,14H,4-10H2,1-3H3,(H,15,17). The molecule has 106 valence electrons. The average molecular weight is 257 g/mol. The summed E-state index contributed by atoms with van der Waals surface area (Å²) in [5.74, 6) is 0.0918. The van der Waals surface area contributed by atoms with Crippen molar-refractivity contribution in [2.45, 2.75) is 38.8 Å². The summed E-state index contributed by atoms with van der Waals surface area (Å²) in [5, 5.41) is 6.21. The summed E-state index contributed by atoms with van der Waals surface area (Å²) in [5.41, 5.74) is 0. The molecule has 0 atom stereocenters. The van der Waals surface area contributed by atoms with Gasteiger partial charge in [0.25, 0.3) is 0 Å². The van der Waals surface area contributed by atoms with Crippen molar-refractivity contribution in [3.05, 3.63) is 0 Å². The zero-order valence-corrected chi connectivity index (χ0v) is 11.9. The molecule has 0 saturated carbocycles. The molecule has 18 heavy (non-hydrogen) atoms. The fraction of sp³-hybridized carbons (Fsp3) is 0.923. The molecule has 1 saturated heterocycles. The van der Waals surface area contributed by atoms with Gasteiger partial charge < -0.3 is 20.3 Å². The van der Waals surface area contributed by atoms with E-state index in [1.54, 1.807) is 0 Å². The highest BCUT2D eigenvalue weighted by atomic mass is 16.5. The van der Waals surface area contributed by atoms with Crippen molar-refractivity contribution in [2.75, 3.05) is 39.9 Å². The lowest BCUT2D eigenvalue weighted by molar-refractivity contribution is -0.121. The van der Waals surface area contributed by atoms with E-state index in [0.717, 1.165) is 39.1 Å². The van der Waals surface area contributed by atoms with Crippen LogP contribution in [0.5, 0.6) is 0 Å². The van der Waals surface area contributed by atoms with Crippen LogP contribution in [0.2, 0.25) is 0 Å². The molecule has 5 heteroatoms. The van der Waals surface area contributed by atoms with Gasteiger partial charge in [-0.2, -0.15) is 0 Å². The van der Waals surface area contributed by atoms with Crippen LogP contribution in [-0.4, -0.2) is 62.8 Å². The lowest BCUT2D eigenvalue weighted by Crippen LogP contribution is -2.44. The second kappa shape index (κ2) is 8.45. The van der Waals surface area contributed by atoms with Crippen LogP contribution in [0.3, 0.4) is 0 Å². The maximum absolute atomic E-state index is 11.7. The summed E-state index contributed by atoms with van der Waals surface area (Å²) in [7, 11) is 2.09. The first-order valence-corrected chi connectivity index (χ1v) is 6.87. The molecule has 0 aromatic heterocycles. The van der Waals surface area contributed by atoms with Gasteiger partial charge in [0.1, 0.15) is 0 Å². The molecule has 0 spiro atoms. The quantitative estimate of drug-likeness (QED) is 0.640. The molecule has 1 aliphatic rings. The third-order valence-corrected chi connectivity index (χ3v) is 3.39. The summed E-state index contributed by atoms with van der Waals surface area (Å²) in [6.45, 7) is 8.06. The average Bonchev–Trinajstić information content (AvgIpc) is 2.35. The van der Waals surface area contributed by atoms with Gasteiger partial charge in [-0.3, -0.25) is 4.79 Å². The number of carbonyl (C=O) groups excluding carboxylic acids is 1. The Morgan fingerprint density at radius 3 is 2.67 bits per heavy atom. The van der Waals surface area contributed by atoms with E-state index in [9.17, 15) is 4.79 Å². The minimum absolute atomic E-state index is 0.0918. The Morgan fingerprint density at radius 2 is 2.06 bits per heavy atom. The summed E-state index contributed by atoms with van der Waals surface area (Å²) in [4.78, 5) is 13.9. The number of nitrogens with zero attached hydrogens (tertiary/aromatic N) is 1. The van der Waals surface area contributed by atoms with E-state index in [0.29, 0.717) is 18.6 Å². The van der Waals surface area contributed by atoms with E-state index in [1.165, 1.54) is 0 Å². The number of likely N-dealkylation sites (N-methyl/N-ethyl adjacent to an activating group) is 1. The highest BCUT2D eigenvalue weighted by Crippen LogP contribution is 2.05. The number of hydrogen-bond acceptors (Lipinski definition) is 4. The van der Waals surface area contributed by atoms with Crippen LogP contribution in [0.1, 0.15) is 26.7 Å². The molecule has 0 unspecified atom stereocenters. The van der Waals surface area contributed by atoms with Crippen LogP contribution in [0.15, 0.2) is 0 Å². The van der Waals surface area contributed by atoms with Crippen molar-refractivity contribution < 1.29 is 9.53 Å². The van der Waals surface area contributed by atoms with Crippen molar-refractivity contribution >= 4 is 5.91 Å². The monoisotopic (exact) mass is 257 g/mol. The zero-order chi connectivity index (χ0) is 13.4. The van der Waals surface area contributed by atoms with Crippen LogP contribution in [0.4, 0.5) is 0 Å². The van der Waals surface area contributed by atoms with Gasteiger partial charge >= 0.3 is 0 Å². The van der Waals surface area contributed by atoms with Crippen LogP contribution >= 0.6 is 0 Å². The summed E-state index contributed by atoms with van der Waals surface area (Å²) >= 11 is 0. The molecular weight excluding hydrogens is 230 g/mol. The van der Waals surface area contributed by atoms with Crippen molar-refractivity contribution in [3.8, 4) is 0 Å². The van der Waals surface area contributed by atoms with Crippen molar-refractivity contribution in [3.63, 3.8) is 0 Å². The number of rotatable bonds is 7. The maximum atomic E-state index is 11.7. The number of carbonyl (C=O) groups is 1. The summed E-state index contributed by atoms with van der Waals surface area (Å²) in [6, 6.07) is 0.842. The number of amides is 1. The van der Waals surface area contributed by atoms with Crippen molar-refractivity contribution in [1.29, 1.82) is 0 Å². The van der Waals surface area contributed by atoms with Crippen LogP contribution in [-0.2, 0) is 9.53 Å². The van der Waals surface area contributed by atoms with E-state index >= 15 is 0 Å². The molecule has 1 aliphatic heterocycles. The first kappa shape index (κ1) is 15.4. The van der Waals surface area contributed by atoms with E-state index in [-0.39, 0.29) is 5.91 Å². The number of ether oxygens (including phenoxy) is 1. The fourth-order valence-corrected chi connectivity index (χ4v) is 1.84. The first-order chi connectivity index (χ1) is 8.59. The molecule has 0 aliphatic carbocycles. The third kappa shape index (κ3) is 6.33. The Hall–Kier alpha value is -0.650. The minimum Gasteiger partial charge on any atom is -0.381 e. The van der Waals surface area contributed by atoms with Crippen molar-refractivity contribution in [1.82, 2.24) is 15.5 Å². The largest absolute Gasteiger partial charge is 0.381 e. The second-order valence-corrected chi connectivity index (χ2v) is 5.21. The Morgan fingerprint density at radius 1 is 1.39 bits per heavy atom. The SMILES string of the molecule is CC(C)N(C)CCNCC(=O)NC1CCOCC1. The predicted octanol–water partition coefficient (Wildman–Crippen LogP) is 0.211. The van der Waals surface area contributed by atoms with Gasteiger partial charge in [0.15, 0.2) is 0 Å². The summed E-state index contributed by atoms with van der Waals surface area (Å²) in [6.07, 6.45) is 1.86. The molecule has 2 N–H and O–H groups in total. The highest BCUT2D eigenvalue weighted by molar-refractivity contribution is 5.78. The van der Waals surface area contributed by atoms with Crippen LogP contribution in [0, 0.1) is 0 Å². The topological polar surface area (TPSA) is 53.6 Å². The second-order valence-electron chi connectivity index (χ2n) is 5.21. The van der Waals surface area contributed by atoms with E-state index < -0.39 is 0 Å². The van der Waals surface area contributed by atoms with Gasteiger partial charge in [-0.25, -0.2) is 0 Å². The lowest BCUT2D eigenvalue weighted by atomic mass is 10.1. The van der Waals surface area contributed by atoms with Gasteiger partial charge in [0.2, 0.25) is 5.91 Å².